The molecule has 0 aliphatic rings. The Kier molecular flexibility index (Phi) is 5.26. The van der Waals surface area contributed by atoms with Crippen LogP contribution in [-0.4, -0.2) is 22.0 Å². The van der Waals surface area contributed by atoms with Crippen LogP contribution in [0.3, 0.4) is 0 Å². The normalized spacial score (nSPS) is 11.1. The van der Waals surface area contributed by atoms with E-state index in [1.165, 1.54) is 12.3 Å². The molecule has 2 aromatic heterocycles. The number of rotatable bonds is 4. The number of carbonyl (C=O) groups is 2. The molecular formula is C21H22N4O3. The lowest BCUT2D eigenvalue weighted by Gasteiger charge is -2.23. The van der Waals surface area contributed by atoms with Gasteiger partial charge in [-0.3, -0.25) is 14.6 Å². The van der Waals surface area contributed by atoms with Gasteiger partial charge < -0.3 is 15.2 Å². The first kappa shape index (κ1) is 19.3. The zero-order valence-electron chi connectivity index (χ0n) is 16.2. The Balaban J connectivity index is 1.79. The summed E-state index contributed by atoms with van der Waals surface area (Å²) in [5.74, 6) is 0.0793. The highest BCUT2D eigenvalue weighted by Crippen LogP contribution is 2.29. The maximum absolute atomic E-state index is 12.7. The standard InChI is InChI=1S/C21H22N4O3/c1-13-11-18(25-28-13)24-20(27)17-12-14(9-10-22-17)19(26)23-16-8-6-5-7-15(16)21(2,3)4/h5-12H,1-4H3,(H,23,26)(H,24,25,27). The molecule has 28 heavy (non-hydrogen) atoms. The monoisotopic (exact) mass is 378 g/mol. The first-order chi connectivity index (χ1) is 13.2. The second-order valence-electron chi connectivity index (χ2n) is 7.46. The summed E-state index contributed by atoms with van der Waals surface area (Å²) in [6.07, 6.45) is 1.42. The zero-order valence-corrected chi connectivity index (χ0v) is 16.2. The quantitative estimate of drug-likeness (QED) is 0.710. The van der Waals surface area contributed by atoms with Crippen LogP contribution in [0.1, 0.15) is 52.9 Å². The molecular weight excluding hydrogens is 356 g/mol. The van der Waals surface area contributed by atoms with E-state index in [9.17, 15) is 9.59 Å². The third-order valence-corrected chi connectivity index (χ3v) is 4.11. The van der Waals surface area contributed by atoms with Crippen LogP contribution >= 0.6 is 0 Å². The molecule has 7 heteroatoms. The molecule has 0 fully saturated rings. The van der Waals surface area contributed by atoms with Crippen LogP contribution in [0.4, 0.5) is 11.5 Å². The predicted octanol–water partition coefficient (Wildman–Crippen LogP) is 4.18. The molecule has 0 bridgehead atoms. The van der Waals surface area contributed by atoms with E-state index in [2.05, 4.69) is 41.5 Å². The van der Waals surface area contributed by atoms with Crippen molar-refractivity contribution < 1.29 is 14.1 Å². The van der Waals surface area contributed by atoms with Crippen LogP contribution < -0.4 is 10.6 Å². The van der Waals surface area contributed by atoms with Crippen molar-refractivity contribution in [3.63, 3.8) is 0 Å². The number of nitrogens with one attached hydrogen (secondary N) is 2. The summed E-state index contributed by atoms with van der Waals surface area (Å²) in [4.78, 5) is 29.1. The topological polar surface area (TPSA) is 97.1 Å². The van der Waals surface area contributed by atoms with Crippen molar-refractivity contribution in [3.05, 3.63) is 71.2 Å². The Bertz CT molecular complexity index is 1020. The number of pyridine rings is 1. The van der Waals surface area contributed by atoms with Gasteiger partial charge in [0.25, 0.3) is 11.8 Å². The number of nitrogens with zero attached hydrogens (tertiary/aromatic N) is 2. The van der Waals surface area contributed by atoms with E-state index in [0.29, 0.717) is 17.1 Å². The van der Waals surface area contributed by atoms with Gasteiger partial charge in [-0.15, -0.1) is 0 Å². The molecule has 0 aliphatic carbocycles. The molecule has 2 heterocycles. The Morgan fingerprint density at radius 1 is 1.00 bits per heavy atom. The number of benzene rings is 1. The van der Waals surface area contributed by atoms with Gasteiger partial charge in [0.05, 0.1) is 0 Å². The van der Waals surface area contributed by atoms with Gasteiger partial charge in [-0.25, -0.2) is 0 Å². The van der Waals surface area contributed by atoms with Crippen molar-refractivity contribution in [2.24, 2.45) is 0 Å². The first-order valence-electron chi connectivity index (χ1n) is 8.85. The van der Waals surface area contributed by atoms with Crippen LogP contribution in [0.15, 0.2) is 53.2 Å². The lowest BCUT2D eigenvalue weighted by molar-refractivity contribution is 0.102. The number of anilines is 2. The number of carbonyl (C=O) groups excluding carboxylic acids is 2. The molecule has 0 spiro atoms. The predicted molar refractivity (Wildman–Crippen MR) is 107 cm³/mol. The Labute approximate surface area is 163 Å². The summed E-state index contributed by atoms with van der Waals surface area (Å²) >= 11 is 0. The Hall–Kier alpha value is -3.48. The zero-order chi connectivity index (χ0) is 20.3. The fraction of sp³-hybridized carbons (Fsp3) is 0.238. The molecule has 0 aliphatic heterocycles. The van der Waals surface area contributed by atoms with Crippen molar-refractivity contribution in [1.82, 2.24) is 10.1 Å². The maximum atomic E-state index is 12.7. The third-order valence-electron chi connectivity index (χ3n) is 4.11. The molecule has 0 saturated carbocycles. The Morgan fingerprint density at radius 2 is 1.75 bits per heavy atom. The van der Waals surface area contributed by atoms with Crippen LogP contribution in [0.2, 0.25) is 0 Å². The largest absolute Gasteiger partial charge is 0.360 e. The van der Waals surface area contributed by atoms with Crippen molar-refractivity contribution in [3.8, 4) is 0 Å². The number of hydrogen-bond acceptors (Lipinski definition) is 5. The van der Waals surface area contributed by atoms with Crippen LogP contribution in [0, 0.1) is 6.92 Å². The molecule has 0 unspecified atom stereocenters. The van der Waals surface area contributed by atoms with Gasteiger partial charge in [0, 0.05) is 23.5 Å². The van der Waals surface area contributed by atoms with Crippen LogP contribution in [0.25, 0.3) is 0 Å². The van der Waals surface area contributed by atoms with E-state index >= 15 is 0 Å². The van der Waals surface area contributed by atoms with Crippen molar-refractivity contribution in [2.45, 2.75) is 33.1 Å². The highest BCUT2D eigenvalue weighted by Gasteiger charge is 2.19. The van der Waals surface area contributed by atoms with Gasteiger partial charge in [0.2, 0.25) is 0 Å². The van der Waals surface area contributed by atoms with Gasteiger partial charge in [-0.05, 0) is 36.1 Å². The maximum Gasteiger partial charge on any atom is 0.275 e. The van der Waals surface area contributed by atoms with Gasteiger partial charge in [-0.1, -0.05) is 44.1 Å². The van der Waals surface area contributed by atoms with Crippen molar-refractivity contribution in [1.29, 1.82) is 0 Å². The van der Waals surface area contributed by atoms with E-state index in [0.717, 1.165) is 11.3 Å². The van der Waals surface area contributed by atoms with E-state index in [1.807, 2.05) is 24.3 Å². The second kappa shape index (κ2) is 7.64. The summed E-state index contributed by atoms with van der Waals surface area (Å²) in [6, 6.07) is 12.3. The van der Waals surface area contributed by atoms with E-state index in [1.54, 1.807) is 19.1 Å². The fourth-order valence-corrected chi connectivity index (χ4v) is 2.74. The van der Waals surface area contributed by atoms with Crippen molar-refractivity contribution in [2.75, 3.05) is 10.6 Å². The van der Waals surface area contributed by atoms with Gasteiger partial charge >= 0.3 is 0 Å². The number of hydrogen-bond donors (Lipinski definition) is 2. The first-order valence-corrected chi connectivity index (χ1v) is 8.85. The van der Waals surface area contributed by atoms with Gasteiger partial charge in [0.15, 0.2) is 5.82 Å². The van der Waals surface area contributed by atoms with Gasteiger partial charge in [-0.2, -0.15) is 0 Å². The number of aromatic nitrogens is 2. The molecule has 0 atom stereocenters. The minimum absolute atomic E-state index is 0.109. The average Bonchev–Trinajstić information content (AvgIpc) is 3.06. The van der Waals surface area contributed by atoms with E-state index < -0.39 is 5.91 Å². The molecule has 3 aromatic rings. The molecule has 2 amide bonds. The lowest BCUT2D eigenvalue weighted by Crippen LogP contribution is -2.20. The van der Waals surface area contributed by atoms with Gasteiger partial charge in [0.1, 0.15) is 11.5 Å². The van der Waals surface area contributed by atoms with E-state index in [4.69, 9.17) is 4.52 Å². The van der Waals surface area contributed by atoms with Crippen LogP contribution in [-0.2, 0) is 5.41 Å². The average molecular weight is 378 g/mol. The molecule has 7 nitrogen and oxygen atoms in total. The molecule has 3 rings (SSSR count). The molecule has 1 aromatic carbocycles. The number of aryl methyl sites for hydroxylation is 1. The Morgan fingerprint density at radius 3 is 2.43 bits per heavy atom. The fourth-order valence-electron chi connectivity index (χ4n) is 2.74. The third kappa shape index (κ3) is 4.43. The van der Waals surface area contributed by atoms with E-state index in [-0.39, 0.29) is 17.0 Å². The minimum atomic E-state index is -0.474. The summed E-state index contributed by atoms with van der Waals surface area (Å²) in [5.41, 5.74) is 2.08. The summed E-state index contributed by atoms with van der Waals surface area (Å²) in [6.45, 7) is 7.97. The number of para-hydroxylation sites is 1. The molecule has 2 N–H and O–H groups in total. The second-order valence-corrected chi connectivity index (χ2v) is 7.46. The smallest absolute Gasteiger partial charge is 0.275 e. The van der Waals surface area contributed by atoms with Crippen LogP contribution in [0.5, 0.6) is 0 Å². The number of amides is 2. The summed E-state index contributed by atoms with van der Waals surface area (Å²) in [5, 5.41) is 9.23. The SMILES string of the molecule is Cc1cc(NC(=O)c2cc(C(=O)Nc3ccccc3C(C)(C)C)ccn2)no1. The minimum Gasteiger partial charge on any atom is -0.360 e. The highest BCUT2D eigenvalue weighted by atomic mass is 16.5. The molecule has 0 saturated heterocycles. The van der Waals surface area contributed by atoms with Crippen molar-refractivity contribution >= 4 is 23.3 Å². The molecule has 0 radical (unpaired) electrons. The lowest BCUT2D eigenvalue weighted by atomic mass is 9.86. The highest BCUT2D eigenvalue weighted by molar-refractivity contribution is 6.07. The molecule has 144 valence electrons. The summed E-state index contributed by atoms with van der Waals surface area (Å²) < 4.78 is 4.92. The summed E-state index contributed by atoms with van der Waals surface area (Å²) in [7, 11) is 0.